The smallest absolute Gasteiger partial charge is 0.222 e. The topological polar surface area (TPSA) is 89.4 Å². The Morgan fingerprint density at radius 3 is 2.33 bits per heavy atom. The monoisotopic (exact) mass is 253 g/mol. The van der Waals surface area contributed by atoms with Gasteiger partial charge in [-0.3, -0.25) is 9.59 Å². The maximum absolute atomic E-state index is 12.1. The summed E-state index contributed by atoms with van der Waals surface area (Å²) < 4.78 is 0. The molecule has 1 saturated carbocycles. The van der Waals surface area contributed by atoms with Crippen molar-refractivity contribution in [1.82, 2.24) is 4.90 Å². The Labute approximate surface area is 108 Å². The van der Waals surface area contributed by atoms with Gasteiger partial charge >= 0.3 is 0 Å². The van der Waals surface area contributed by atoms with Gasteiger partial charge in [0.1, 0.15) is 0 Å². The number of rotatable bonds is 3. The van der Waals surface area contributed by atoms with E-state index in [1.54, 1.807) is 4.90 Å². The summed E-state index contributed by atoms with van der Waals surface area (Å²) in [6.07, 6.45) is 5.50. The predicted octanol–water partition coefficient (Wildman–Crippen LogP) is 0.228. The number of nitrogens with zero attached hydrogens (tertiary/aromatic N) is 1. The van der Waals surface area contributed by atoms with Gasteiger partial charge in [0.25, 0.3) is 0 Å². The average Bonchev–Trinajstić information content (AvgIpc) is 2.81. The number of hydrogen-bond donors (Lipinski definition) is 2. The second-order valence-corrected chi connectivity index (χ2v) is 5.71. The quantitative estimate of drug-likeness (QED) is 0.754. The maximum Gasteiger partial charge on any atom is 0.222 e. The lowest BCUT2D eigenvalue weighted by Gasteiger charge is -2.27. The van der Waals surface area contributed by atoms with Gasteiger partial charge in [-0.2, -0.15) is 0 Å². The minimum atomic E-state index is -0.283. The fourth-order valence-corrected chi connectivity index (χ4v) is 2.99. The van der Waals surface area contributed by atoms with Crippen LogP contribution in [0.2, 0.25) is 0 Å². The second kappa shape index (κ2) is 5.69. The predicted molar refractivity (Wildman–Crippen MR) is 68.4 cm³/mol. The van der Waals surface area contributed by atoms with Crippen molar-refractivity contribution in [2.75, 3.05) is 13.1 Å². The van der Waals surface area contributed by atoms with E-state index >= 15 is 0 Å². The molecule has 0 aromatic heterocycles. The molecule has 2 rings (SSSR count). The highest BCUT2D eigenvalue weighted by Gasteiger charge is 2.31. The molecule has 0 radical (unpaired) electrons. The van der Waals surface area contributed by atoms with E-state index in [2.05, 4.69) is 0 Å². The SMILES string of the molecule is NC(=O)C1CCN(C(=O)CC2CCC(N)CC2)C1. The van der Waals surface area contributed by atoms with Crippen molar-refractivity contribution in [3.63, 3.8) is 0 Å². The number of nitrogens with two attached hydrogens (primary N) is 2. The van der Waals surface area contributed by atoms with Crippen LogP contribution in [0, 0.1) is 11.8 Å². The highest BCUT2D eigenvalue weighted by molar-refractivity contribution is 5.81. The number of hydrogen-bond acceptors (Lipinski definition) is 3. The summed E-state index contributed by atoms with van der Waals surface area (Å²) in [5.41, 5.74) is 11.1. The fraction of sp³-hybridized carbons (Fsp3) is 0.846. The summed E-state index contributed by atoms with van der Waals surface area (Å²) in [5.74, 6) is 0.229. The van der Waals surface area contributed by atoms with Crippen molar-refractivity contribution < 1.29 is 9.59 Å². The maximum atomic E-state index is 12.1. The highest BCUT2D eigenvalue weighted by atomic mass is 16.2. The van der Waals surface area contributed by atoms with Gasteiger partial charge in [-0.05, 0) is 38.0 Å². The summed E-state index contributed by atoms with van der Waals surface area (Å²) in [6.45, 7) is 1.19. The van der Waals surface area contributed by atoms with Gasteiger partial charge < -0.3 is 16.4 Å². The molecule has 1 unspecified atom stereocenters. The van der Waals surface area contributed by atoms with Crippen LogP contribution in [0.3, 0.4) is 0 Å². The van der Waals surface area contributed by atoms with Crippen LogP contribution in [0.15, 0.2) is 0 Å². The van der Waals surface area contributed by atoms with Crippen molar-refractivity contribution in [2.45, 2.75) is 44.6 Å². The number of likely N-dealkylation sites (tertiary alicyclic amines) is 1. The summed E-state index contributed by atoms with van der Waals surface area (Å²) in [4.78, 5) is 25.0. The summed E-state index contributed by atoms with van der Waals surface area (Å²) in [5, 5.41) is 0. The third-order valence-electron chi connectivity index (χ3n) is 4.30. The van der Waals surface area contributed by atoms with Gasteiger partial charge in [0, 0.05) is 25.6 Å². The second-order valence-electron chi connectivity index (χ2n) is 5.71. The minimum Gasteiger partial charge on any atom is -0.369 e. The molecule has 2 fully saturated rings. The zero-order valence-electron chi connectivity index (χ0n) is 10.8. The first-order chi connectivity index (χ1) is 8.56. The van der Waals surface area contributed by atoms with Gasteiger partial charge in [-0.15, -0.1) is 0 Å². The number of carbonyl (C=O) groups is 2. The molecule has 102 valence electrons. The van der Waals surface area contributed by atoms with E-state index in [1.165, 1.54) is 0 Å². The molecule has 4 N–H and O–H groups in total. The zero-order valence-corrected chi connectivity index (χ0v) is 10.8. The van der Waals surface area contributed by atoms with Crippen molar-refractivity contribution in [3.8, 4) is 0 Å². The lowest BCUT2D eigenvalue weighted by Crippen LogP contribution is -2.34. The zero-order chi connectivity index (χ0) is 13.1. The van der Waals surface area contributed by atoms with Gasteiger partial charge in [-0.25, -0.2) is 0 Å². The summed E-state index contributed by atoms with van der Waals surface area (Å²) in [7, 11) is 0. The molecule has 0 bridgehead atoms. The van der Waals surface area contributed by atoms with Crippen LogP contribution in [0.25, 0.3) is 0 Å². The molecular formula is C13H23N3O2. The van der Waals surface area contributed by atoms with Crippen molar-refractivity contribution in [2.24, 2.45) is 23.3 Å². The Morgan fingerprint density at radius 2 is 1.78 bits per heavy atom. The van der Waals surface area contributed by atoms with Crippen molar-refractivity contribution in [1.29, 1.82) is 0 Å². The Morgan fingerprint density at radius 1 is 1.11 bits per heavy atom. The van der Waals surface area contributed by atoms with Crippen LogP contribution >= 0.6 is 0 Å². The molecule has 0 spiro atoms. The first-order valence-corrected chi connectivity index (χ1v) is 6.89. The van der Waals surface area contributed by atoms with Crippen LogP contribution in [-0.2, 0) is 9.59 Å². The largest absolute Gasteiger partial charge is 0.369 e. The molecule has 1 heterocycles. The van der Waals surface area contributed by atoms with Gasteiger partial charge in [0.15, 0.2) is 0 Å². The Balaban J connectivity index is 1.77. The molecule has 18 heavy (non-hydrogen) atoms. The van der Waals surface area contributed by atoms with Gasteiger partial charge in [0.2, 0.25) is 11.8 Å². The third kappa shape index (κ3) is 3.22. The van der Waals surface area contributed by atoms with Crippen LogP contribution in [0.4, 0.5) is 0 Å². The molecule has 2 aliphatic rings. The Hall–Kier alpha value is -1.10. The summed E-state index contributed by atoms with van der Waals surface area (Å²) >= 11 is 0. The normalized spacial score (nSPS) is 32.5. The fourth-order valence-electron chi connectivity index (χ4n) is 2.99. The van der Waals surface area contributed by atoms with Gasteiger partial charge in [0.05, 0.1) is 5.92 Å². The minimum absolute atomic E-state index is 0.145. The number of primary amides is 1. The van der Waals surface area contributed by atoms with Crippen molar-refractivity contribution >= 4 is 11.8 Å². The van der Waals surface area contributed by atoms with E-state index in [1.807, 2.05) is 0 Å². The van der Waals surface area contributed by atoms with Crippen LogP contribution in [-0.4, -0.2) is 35.8 Å². The molecular weight excluding hydrogens is 230 g/mol. The van der Waals surface area contributed by atoms with Gasteiger partial charge in [-0.1, -0.05) is 0 Å². The molecule has 0 aromatic carbocycles. The average molecular weight is 253 g/mol. The standard InChI is InChI=1S/C13H23N3O2/c14-11-3-1-9(2-4-11)7-12(17)16-6-5-10(8-16)13(15)18/h9-11H,1-8,14H2,(H2,15,18). The first kappa shape index (κ1) is 13.3. The van der Waals surface area contributed by atoms with E-state index in [-0.39, 0.29) is 17.7 Å². The first-order valence-electron chi connectivity index (χ1n) is 6.89. The number of carbonyl (C=O) groups excluding carboxylic acids is 2. The Kier molecular flexibility index (Phi) is 4.22. The van der Waals surface area contributed by atoms with E-state index < -0.39 is 0 Å². The molecule has 0 aromatic rings. The molecule has 1 aliphatic carbocycles. The van der Waals surface area contributed by atoms with E-state index in [4.69, 9.17) is 11.5 Å². The number of amides is 2. The molecule has 1 aliphatic heterocycles. The van der Waals surface area contributed by atoms with Crippen molar-refractivity contribution in [3.05, 3.63) is 0 Å². The van der Waals surface area contributed by atoms with Crippen LogP contribution < -0.4 is 11.5 Å². The molecule has 1 saturated heterocycles. The third-order valence-corrected chi connectivity index (χ3v) is 4.30. The van der Waals surface area contributed by atoms with E-state index in [0.717, 1.165) is 32.1 Å². The Bertz CT molecular complexity index is 324. The lowest BCUT2D eigenvalue weighted by molar-refractivity contribution is -0.131. The summed E-state index contributed by atoms with van der Waals surface area (Å²) in [6, 6.07) is 0.322. The molecule has 5 nitrogen and oxygen atoms in total. The van der Waals surface area contributed by atoms with E-state index in [9.17, 15) is 9.59 Å². The molecule has 1 atom stereocenters. The van der Waals surface area contributed by atoms with Crippen LogP contribution in [0.1, 0.15) is 38.5 Å². The molecule has 5 heteroatoms. The molecule has 2 amide bonds. The lowest BCUT2D eigenvalue weighted by atomic mass is 9.84. The van der Waals surface area contributed by atoms with Crippen LogP contribution in [0.5, 0.6) is 0 Å². The highest BCUT2D eigenvalue weighted by Crippen LogP contribution is 2.27. The van der Waals surface area contributed by atoms with E-state index in [0.29, 0.717) is 31.5 Å².